The number of nitrogens with zero attached hydrogens (tertiary/aromatic N) is 2. The molecule has 0 radical (unpaired) electrons. The number of nitro groups is 1. The summed E-state index contributed by atoms with van der Waals surface area (Å²) in [6.45, 7) is 1.86. The number of aryl methyl sites for hydroxylation is 1. The van der Waals surface area contributed by atoms with Gasteiger partial charge in [0.15, 0.2) is 0 Å². The van der Waals surface area contributed by atoms with Gasteiger partial charge < -0.3 is 9.50 Å². The molecule has 0 spiro atoms. The van der Waals surface area contributed by atoms with E-state index in [1.165, 1.54) is 36.4 Å². The average Bonchev–Trinajstić information content (AvgIpc) is 2.77. The maximum absolute atomic E-state index is 12.5. The highest BCUT2D eigenvalue weighted by Gasteiger charge is 2.20. The second kappa shape index (κ2) is 9.76. The molecular formula is C23H17N3O6S. The first kappa shape index (κ1) is 23.2. The van der Waals surface area contributed by atoms with Crippen molar-refractivity contribution in [3.05, 3.63) is 99.6 Å². The average molecular weight is 463 g/mol. The highest BCUT2D eigenvalue weighted by molar-refractivity contribution is 7.87. The number of anilines is 1. The van der Waals surface area contributed by atoms with Gasteiger partial charge in [0, 0.05) is 17.8 Å². The summed E-state index contributed by atoms with van der Waals surface area (Å²) in [7, 11) is -4.35. The van der Waals surface area contributed by atoms with Crippen LogP contribution < -0.4 is 9.50 Å². The first-order valence-electron chi connectivity index (χ1n) is 9.47. The van der Waals surface area contributed by atoms with Crippen LogP contribution in [0.1, 0.15) is 11.1 Å². The van der Waals surface area contributed by atoms with Crippen molar-refractivity contribution in [2.24, 2.45) is 0 Å². The highest BCUT2D eigenvalue weighted by Crippen LogP contribution is 2.23. The minimum absolute atomic E-state index is 0.0911. The lowest BCUT2D eigenvalue weighted by atomic mass is 10.1. The first-order valence-corrected chi connectivity index (χ1v) is 10.9. The minimum atomic E-state index is -4.35. The molecule has 1 amide bonds. The van der Waals surface area contributed by atoms with Gasteiger partial charge in [0.1, 0.15) is 22.3 Å². The molecular weight excluding hydrogens is 446 g/mol. The van der Waals surface area contributed by atoms with Crippen LogP contribution in [0.2, 0.25) is 0 Å². The van der Waals surface area contributed by atoms with E-state index in [-0.39, 0.29) is 16.2 Å². The Balaban J connectivity index is 1.83. The molecule has 0 saturated heterocycles. The predicted octanol–water partition coefficient (Wildman–Crippen LogP) is 4.22. The molecule has 0 aliphatic rings. The molecule has 3 rings (SSSR count). The fourth-order valence-electron chi connectivity index (χ4n) is 2.82. The summed E-state index contributed by atoms with van der Waals surface area (Å²) in [5.74, 6) is -0.717. The molecule has 1 N–H and O–H groups in total. The Labute approximate surface area is 189 Å². The maximum atomic E-state index is 12.5. The fourth-order valence-corrected chi connectivity index (χ4v) is 3.78. The number of carbonyl (C=O) groups excluding carboxylic acids is 1. The van der Waals surface area contributed by atoms with E-state index in [0.717, 1.165) is 17.7 Å². The second-order valence-electron chi connectivity index (χ2n) is 6.86. The zero-order valence-electron chi connectivity index (χ0n) is 17.3. The number of non-ortho nitro benzene ring substituents is 1. The number of hydrogen-bond donors (Lipinski definition) is 1. The Morgan fingerprint density at radius 1 is 1.09 bits per heavy atom. The van der Waals surface area contributed by atoms with Crippen LogP contribution in [0.15, 0.2) is 83.3 Å². The molecule has 0 aliphatic carbocycles. The van der Waals surface area contributed by atoms with E-state index in [2.05, 4.69) is 5.32 Å². The normalized spacial score (nSPS) is 11.3. The first-order chi connectivity index (χ1) is 15.7. The topological polar surface area (TPSA) is 139 Å². The molecule has 0 aliphatic heterocycles. The zero-order chi connectivity index (χ0) is 24.0. The molecule has 0 fully saturated rings. The van der Waals surface area contributed by atoms with Gasteiger partial charge in [0.05, 0.1) is 4.92 Å². The number of amides is 1. The summed E-state index contributed by atoms with van der Waals surface area (Å²) >= 11 is 0. The zero-order valence-corrected chi connectivity index (χ0v) is 18.1. The quantitative estimate of drug-likeness (QED) is 0.182. The Morgan fingerprint density at radius 2 is 1.82 bits per heavy atom. The molecule has 33 heavy (non-hydrogen) atoms. The number of rotatable bonds is 7. The van der Waals surface area contributed by atoms with Crippen molar-refractivity contribution in [1.82, 2.24) is 0 Å². The highest BCUT2D eigenvalue weighted by atomic mass is 32.2. The van der Waals surface area contributed by atoms with Crippen LogP contribution >= 0.6 is 0 Å². The Bertz CT molecular complexity index is 1410. The van der Waals surface area contributed by atoms with E-state index >= 15 is 0 Å². The minimum Gasteiger partial charge on any atom is -0.379 e. The third kappa shape index (κ3) is 6.03. The molecule has 0 atom stereocenters. The summed E-state index contributed by atoms with van der Waals surface area (Å²) in [4.78, 5) is 22.3. The summed E-state index contributed by atoms with van der Waals surface area (Å²) in [6, 6.07) is 19.1. The molecule has 166 valence electrons. The van der Waals surface area contributed by atoms with Crippen LogP contribution in [-0.4, -0.2) is 19.2 Å². The van der Waals surface area contributed by atoms with E-state index in [1.54, 1.807) is 24.3 Å². The monoisotopic (exact) mass is 463 g/mol. The van der Waals surface area contributed by atoms with Gasteiger partial charge in [0.25, 0.3) is 11.6 Å². The third-order valence-electron chi connectivity index (χ3n) is 4.33. The lowest BCUT2D eigenvalue weighted by Gasteiger charge is -2.08. The van der Waals surface area contributed by atoms with Crippen molar-refractivity contribution < 1.29 is 22.3 Å². The van der Waals surface area contributed by atoms with E-state index in [1.807, 2.05) is 19.1 Å². The van der Waals surface area contributed by atoms with E-state index in [4.69, 9.17) is 4.18 Å². The van der Waals surface area contributed by atoms with E-state index in [0.29, 0.717) is 11.3 Å². The van der Waals surface area contributed by atoms with Crippen LogP contribution in [0.4, 0.5) is 11.4 Å². The van der Waals surface area contributed by atoms with Gasteiger partial charge in [-0.2, -0.15) is 13.7 Å². The van der Waals surface area contributed by atoms with Crippen LogP contribution in [0.25, 0.3) is 6.08 Å². The van der Waals surface area contributed by atoms with Crippen molar-refractivity contribution in [3.8, 4) is 11.8 Å². The summed E-state index contributed by atoms with van der Waals surface area (Å²) in [5.41, 5.74) is 1.22. The molecule has 0 aromatic heterocycles. The van der Waals surface area contributed by atoms with Crippen LogP contribution in [0.5, 0.6) is 5.75 Å². The van der Waals surface area contributed by atoms with Gasteiger partial charge in [-0.25, -0.2) is 0 Å². The van der Waals surface area contributed by atoms with Crippen LogP contribution in [0, 0.1) is 28.4 Å². The lowest BCUT2D eigenvalue weighted by Crippen LogP contribution is -2.13. The fraction of sp³-hybridized carbons (Fsp3) is 0.0435. The summed E-state index contributed by atoms with van der Waals surface area (Å²) in [6.07, 6.45) is 1.29. The summed E-state index contributed by atoms with van der Waals surface area (Å²) in [5, 5.41) is 22.9. The smallest absolute Gasteiger partial charge is 0.339 e. The molecule has 3 aromatic rings. The van der Waals surface area contributed by atoms with Gasteiger partial charge in [-0.1, -0.05) is 30.3 Å². The van der Waals surface area contributed by atoms with Crippen molar-refractivity contribution >= 4 is 33.5 Å². The number of nitriles is 1. The van der Waals surface area contributed by atoms with E-state index < -0.39 is 26.6 Å². The van der Waals surface area contributed by atoms with Crippen molar-refractivity contribution in [1.29, 1.82) is 5.26 Å². The van der Waals surface area contributed by atoms with Crippen LogP contribution in [-0.2, 0) is 14.9 Å². The molecule has 0 saturated carbocycles. The van der Waals surface area contributed by atoms with Gasteiger partial charge in [0.2, 0.25) is 0 Å². The van der Waals surface area contributed by atoms with Gasteiger partial charge >= 0.3 is 10.1 Å². The third-order valence-corrected chi connectivity index (χ3v) is 5.58. The molecule has 3 aromatic carbocycles. The Hall–Kier alpha value is -4.49. The van der Waals surface area contributed by atoms with Crippen molar-refractivity contribution in [3.63, 3.8) is 0 Å². The summed E-state index contributed by atoms with van der Waals surface area (Å²) < 4.78 is 30.1. The van der Waals surface area contributed by atoms with Crippen molar-refractivity contribution in [2.75, 3.05) is 5.32 Å². The Morgan fingerprint density at radius 3 is 2.52 bits per heavy atom. The predicted molar refractivity (Wildman–Crippen MR) is 121 cm³/mol. The van der Waals surface area contributed by atoms with Gasteiger partial charge in [-0.15, -0.1) is 0 Å². The number of hydrogen-bond acceptors (Lipinski definition) is 7. The largest absolute Gasteiger partial charge is 0.379 e. The van der Waals surface area contributed by atoms with E-state index in [9.17, 15) is 28.6 Å². The lowest BCUT2D eigenvalue weighted by molar-refractivity contribution is -0.385. The molecule has 0 bridgehead atoms. The number of benzene rings is 3. The molecule has 10 heteroatoms. The second-order valence-corrected chi connectivity index (χ2v) is 8.40. The molecule has 9 nitrogen and oxygen atoms in total. The van der Waals surface area contributed by atoms with Crippen molar-refractivity contribution in [2.45, 2.75) is 11.8 Å². The van der Waals surface area contributed by atoms with Gasteiger partial charge in [-0.05, 0) is 54.5 Å². The Kier molecular flexibility index (Phi) is 6.85. The van der Waals surface area contributed by atoms with Crippen LogP contribution in [0.3, 0.4) is 0 Å². The van der Waals surface area contributed by atoms with Gasteiger partial charge in [-0.3, -0.25) is 14.9 Å². The number of nitrogens with one attached hydrogen (secondary N) is 1. The molecule has 0 heterocycles. The maximum Gasteiger partial charge on any atom is 0.339 e. The SMILES string of the molecule is Cc1cccc(NC(=O)/C(C#N)=C/c2cccc(OS(=O)(=O)c3cccc([N+](=O)[O-])c3)c2)c1. The number of carbonyl (C=O) groups is 1. The molecule has 0 unspecified atom stereocenters. The number of nitro benzene ring substituents is 1. The standard InChI is InChI=1S/C23H17N3O6S/c1-16-5-2-7-19(11-16)25-23(27)18(15-24)12-17-6-3-9-21(13-17)32-33(30,31)22-10-4-8-20(14-22)26(28)29/h2-14H,1H3,(H,25,27)/b18-12+.